The molecule has 21 heavy (non-hydrogen) atoms. The predicted molar refractivity (Wildman–Crippen MR) is 80.8 cm³/mol. The molecule has 1 unspecified atom stereocenters. The minimum atomic E-state index is -0.361. The lowest BCUT2D eigenvalue weighted by Gasteiger charge is -2.12. The average molecular weight is 285 g/mol. The van der Waals surface area contributed by atoms with Crippen LogP contribution in [0, 0.1) is 6.92 Å². The van der Waals surface area contributed by atoms with Crippen molar-refractivity contribution in [3.63, 3.8) is 0 Å². The lowest BCUT2D eigenvalue weighted by molar-refractivity contribution is -0.125. The average Bonchev–Trinajstić information content (AvgIpc) is 3.03. The fraction of sp³-hybridized carbons (Fsp3) is 0.375. The molecule has 0 saturated carbocycles. The molecular weight excluding hydrogens is 266 g/mol. The summed E-state index contributed by atoms with van der Waals surface area (Å²) in [7, 11) is 0. The number of aryl methyl sites for hydroxylation is 1. The summed E-state index contributed by atoms with van der Waals surface area (Å²) in [6, 6.07) is 10.0. The predicted octanol–water partition coefficient (Wildman–Crippen LogP) is 1.34. The first-order valence-electron chi connectivity index (χ1n) is 7.27. The summed E-state index contributed by atoms with van der Waals surface area (Å²) < 4.78 is 2.20. The van der Waals surface area contributed by atoms with Crippen LogP contribution in [0.2, 0.25) is 0 Å². The van der Waals surface area contributed by atoms with Gasteiger partial charge in [-0.1, -0.05) is 18.2 Å². The van der Waals surface area contributed by atoms with Gasteiger partial charge >= 0.3 is 0 Å². The second-order valence-corrected chi connectivity index (χ2v) is 5.45. The fourth-order valence-electron chi connectivity index (χ4n) is 2.87. The van der Waals surface area contributed by atoms with Crippen LogP contribution < -0.4 is 10.6 Å². The van der Waals surface area contributed by atoms with Gasteiger partial charge in [-0.3, -0.25) is 9.59 Å². The number of benzene rings is 1. The maximum absolute atomic E-state index is 11.9. The molecule has 5 heteroatoms. The molecule has 2 amide bonds. The molecule has 110 valence electrons. The van der Waals surface area contributed by atoms with Gasteiger partial charge < -0.3 is 15.2 Å². The molecule has 1 aromatic carbocycles. The maximum atomic E-state index is 11.9. The molecule has 0 spiro atoms. The standard InChI is InChI=1S/C16H19N3O2/c1-11-10-12-4-2-3-5-14(12)19(11)9-8-17-16(21)13-6-7-15(20)18-13/h2-5,10,13H,6-9H2,1H3,(H,17,21)(H,18,20). The van der Waals surface area contributed by atoms with Crippen molar-refractivity contribution >= 4 is 22.7 Å². The highest BCUT2D eigenvalue weighted by molar-refractivity contribution is 5.90. The third-order valence-corrected chi connectivity index (χ3v) is 3.96. The molecule has 2 heterocycles. The first kappa shape index (κ1) is 13.7. The molecule has 0 radical (unpaired) electrons. The van der Waals surface area contributed by atoms with Gasteiger partial charge in [0.15, 0.2) is 0 Å². The molecule has 1 fully saturated rings. The highest BCUT2D eigenvalue weighted by Gasteiger charge is 2.26. The van der Waals surface area contributed by atoms with Gasteiger partial charge in [0.2, 0.25) is 11.8 Å². The Morgan fingerprint density at radius 2 is 2.24 bits per heavy atom. The van der Waals surface area contributed by atoms with Gasteiger partial charge in [0.1, 0.15) is 6.04 Å². The molecule has 2 N–H and O–H groups in total. The third kappa shape index (κ3) is 2.77. The van der Waals surface area contributed by atoms with E-state index in [1.54, 1.807) is 0 Å². The van der Waals surface area contributed by atoms with Crippen LogP contribution in [0.25, 0.3) is 10.9 Å². The van der Waals surface area contributed by atoms with Crippen LogP contribution >= 0.6 is 0 Å². The number of amides is 2. The molecular formula is C16H19N3O2. The maximum Gasteiger partial charge on any atom is 0.242 e. The number of hydrogen-bond acceptors (Lipinski definition) is 2. The van der Waals surface area contributed by atoms with Crippen LogP contribution in [0.3, 0.4) is 0 Å². The number of carbonyl (C=O) groups is 2. The largest absolute Gasteiger partial charge is 0.353 e. The smallest absolute Gasteiger partial charge is 0.242 e. The number of aromatic nitrogens is 1. The van der Waals surface area contributed by atoms with E-state index < -0.39 is 0 Å². The lowest BCUT2D eigenvalue weighted by atomic mass is 10.2. The van der Waals surface area contributed by atoms with Crippen LogP contribution in [-0.2, 0) is 16.1 Å². The van der Waals surface area contributed by atoms with E-state index in [2.05, 4.69) is 40.3 Å². The van der Waals surface area contributed by atoms with Crippen molar-refractivity contribution in [1.82, 2.24) is 15.2 Å². The van der Waals surface area contributed by atoms with Gasteiger partial charge in [-0.2, -0.15) is 0 Å². The van der Waals surface area contributed by atoms with Gasteiger partial charge in [-0.25, -0.2) is 0 Å². The molecule has 1 aromatic heterocycles. The summed E-state index contributed by atoms with van der Waals surface area (Å²) >= 11 is 0. The van der Waals surface area contributed by atoms with Gasteiger partial charge in [-0.05, 0) is 30.9 Å². The quantitative estimate of drug-likeness (QED) is 0.890. The second-order valence-electron chi connectivity index (χ2n) is 5.45. The van der Waals surface area contributed by atoms with Crippen molar-refractivity contribution in [3.8, 4) is 0 Å². The van der Waals surface area contributed by atoms with Crippen molar-refractivity contribution in [2.45, 2.75) is 32.4 Å². The molecule has 0 bridgehead atoms. The molecule has 1 aliphatic rings. The van der Waals surface area contributed by atoms with Crippen molar-refractivity contribution in [1.29, 1.82) is 0 Å². The van der Waals surface area contributed by atoms with Crippen molar-refractivity contribution < 1.29 is 9.59 Å². The SMILES string of the molecule is Cc1cc2ccccc2n1CCNC(=O)C1CCC(=O)N1. The minimum Gasteiger partial charge on any atom is -0.353 e. The highest BCUT2D eigenvalue weighted by Crippen LogP contribution is 2.18. The zero-order valence-corrected chi connectivity index (χ0v) is 12.1. The molecule has 1 saturated heterocycles. The Hall–Kier alpha value is -2.30. The van der Waals surface area contributed by atoms with Crippen LogP contribution in [0.15, 0.2) is 30.3 Å². The molecule has 2 aromatic rings. The number of carbonyl (C=O) groups excluding carboxylic acids is 2. The Balaban J connectivity index is 1.61. The number of nitrogens with one attached hydrogen (secondary N) is 2. The molecule has 0 aliphatic carbocycles. The Bertz CT molecular complexity index is 690. The Kier molecular flexibility index (Phi) is 3.64. The van der Waals surface area contributed by atoms with E-state index in [1.807, 2.05) is 12.1 Å². The van der Waals surface area contributed by atoms with Crippen molar-refractivity contribution in [2.75, 3.05) is 6.54 Å². The summed E-state index contributed by atoms with van der Waals surface area (Å²) in [5, 5.41) is 6.79. The summed E-state index contributed by atoms with van der Waals surface area (Å²) in [4.78, 5) is 23.0. The number of fused-ring (bicyclic) bond motifs is 1. The van der Waals surface area contributed by atoms with E-state index in [0.717, 1.165) is 6.54 Å². The second kappa shape index (κ2) is 5.60. The Morgan fingerprint density at radius 3 is 3.00 bits per heavy atom. The summed E-state index contributed by atoms with van der Waals surface area (Å²) in [6.07, 6.45) is 1.04. The Labute approximate surface area is 123 Å². The normalized spacial score (nSPS) is 18.0. The summed E-state index contributed by atoms with van der Waals surface area (Å²) in [5.74, 6) is -0.127. The number of rotatable bonds is 4. The zero-order chi connectivity index (χ0) is 14.8. The van der Waals surface area contributed by atoms with Crippen LogP contribution in [-0.4, -0.2) is 29.0 Å². The molecule has 5 nitrogen and oxygen atoms in total. The van der Waals surface area contributed by atoms with Gasteiger partial charge in [-0.15, -0.1) is 0 Å². The number of para-hydroxylation sites is 1. The first-order chi connectivity index (χ1) is 10.1. The van der Waals surface area contributed by atoms with Crippen molar-refractivity contribution in [2.24, 2.45) is 0 Å². The fourth-order valence-corrected chi connectivity index (χ4v) is 2.87. The van der Waals surface area contributed by atoms with Crippen LogP contribution in [0.4, 0.5) is 0 Å². The number of hydrogen-bond donors (Lipinski definition) is 2. The lowest BCUT2D eigenvalue weighted by Crippen LogP contribution is -2.42. The minimum absolute atomic E-state index is 0.0394. The molecule has 3 rings (SSSR count). The van der Waals surface area contributed by atoms with Gasteiger partial charge in [0, 0.05) is 30.7 Å². The first-order valence-corrected chi connectivity index (χ1v) is 7.27. The number of nitrogens with zero attached hydrogens (tertiary/aromatic N) is 1. The topological polar surface area (TPSA) is 63.1 Å². The van der Waals surface area contributed by atoms with E-state index in [-0.39, 0.29) is 17.9 Å². The highest BCUT2D eigenvalue weighted by atomic mass is 16.2. The van der Waals surface area contributed by atoms with Crippen LogP contribution in [0.5, 0.6) is 0 Å². The van der Waals surface area contributed by atoms with E-state index in [4.69, 9.17) is 0 Å². The summed E-state index contributed by atoms with van der Waals surface area (Å²) in [6.45, 7) is 3.36. The van der Waals surface area contributed by atoms with E-state index in [9.17, 15) is 9.59 Å². The monoisotopic (exact) mass is 285 g/mol. The van der Waals surface area contributed by atoms with Gasteiger partial charge in [0.05, 0.1) is 0 Å². The molecule has 1 atom stereocenters. The van der Waals surface area contributed by atoms with Crippen LogP contribution in [0.1, 0.15) is 18.5 Å². The van der Waals surface area contributed by atoms with Gasteiger partial charge in [0.25, 0.3) is 0 Å². The molecule has 1 aliphatic heterocycles. The third-order valence-electron chi connectivity index (χ3n) is 3.96. The van der Waals surface area contributed by atoms with E-state index >= 15 is 0 Å². The van der Waals surface area contributed by atoms with E-state index in [0.29, 0.717) is 19.4 Å². The van der Waals surface area contributed by atoms with Crippen molar-refractivity contribution in [3.05, 3.63) is 36.0 Å². The van der Waals surface area contributed by atoms with E-state index in [1.165, 1.54) is 16.6 Å². The zero-order valence-electron chi connectivity index (χ0n) is 12.1. The summed E-state index contributed by atoms with van der Waals surface area (Å²) in [5.41, 5.74) is 2.36. The Morgan fingerprint density at radius 1 is 1.43 bits per heavy atom.